The zero-order valence-corrected chi connectivity index (χ0v) is 8.43. The molecule has 1 rings (SSSR count). The van der Waals surface area contributed by atoms with Gasteiger partial charge in [0, 0.05) is 19.5 Å². The average molecular weight is 185 g/mol. The summed E-state index contributed by atoms with van der Waals surface area (Å²) in [5.41, 5.74) is 5.40. The third-order valence-corrected chi connectivity index (χ3v) is 2.44. The van der Waals surface area contributed by atoms with Gasteiger partial charge in [-0.2, -0.15) is 0 Å². The van der Waals surface area contributed by atoms with E-state index in [1.807, 2.05) is 10.8 Å². The van der Waals surface area contributed by atoms with Crippen LogP contribution in [-0.2, 0) is 19.5 Å². The molecule has 4 heteroatoms. The van der Waals surface area contributed by atoms with Gasteiger partial charge in [-0.3, -0.25) is 0 Å². The van der Waals surface area contributed by atoms with Crippen molar-refractivity contribution in [3.63, 3.8) is 0 Å². The first kappa shape index (κ1) is 8.02. The molecule has 7 heavy (non-hydrogen) atoms. The van der Waals surface area contributed by atoms with Crippen LogP contribution < -0.4 is 5.73 Å². The van der Waals surface area contributed by atoms with Crippen molar-refractivity contribution in [2.75, 3.05) is 0 Å². The molecule has 0 aromatic heterocycles. The molecule has 2 N–H and O–H groups in total. The fourth-order valence-corrected chi connectivity index (χ4v) is 1.72. The summed E-state index contributed by atoms with van der Waals surface area (Å²) < 4.78 is 0.269. The van der Waals surface area contributed by atoms with Crippen LogP contribution in [0.2, 0.25) is 0 Å². The molecule has 0 unspecified atom stereocenters. The van der Waals surface area contributed by atoms with Crippen LogP contribution in [0.15, 0.2) is 10.8 Å². The van der Waals surface area contributed by atoms with Crippen LogP contribution >= 0.6 is 23.5 Å². The first-order valence-electron chi connectivity index (χ1n) is 1.61. The number of hydrogen-bond acceptors (Lipinski definition) is 3. The van der Waals surface area contributed by atoms with Crippen molar-refractivity contribution >= 4 is 23.5 Å². The quantitative estimate of drug-likeness (QED) is 0.573. The van der Waals surface area contributed by atoms with Crippen molar-refractivity contribution in [3.8, 4) is 0 Å². The Bertz CT molecular complexity index is 67.3. The van der Waals surface area contributed by atoms with E-state index < -0.39 is 0 Å². The van der Waals surface area contributed by atoms with Crippen molar-refractivity contribution in [2.45, 2.75) is 4.71 Å². The van der Waals surface area contributed by atoms with Crippen molar-refractivity contribution in [2.24, 2.45) is 5.73 Å². The van der Waals surface area contributed by atoms with E-state index in [-0.39, 0.29) is 24.2 Å². The Labute approximate surface area is 64.2 Å². The SMILES string of the molecule is NC1SC=CS1.[Zn]. The van der Waals surface area contributed by atoms with E-state index in [1.165, 1.54) is 0 Å². The average Bonchev–Trinajstić information content (AvgIpc) is 1.86. The number of nitrogens with two attached hydrogens (primary N) is 1. The fraction of sp³-hybridized carbons (Fsp3) is 0.333. The van der Waals surface area contributed by atoms with Gasteiger partial charge in [-0.05, 0) is 10.8 Å². The van der Waals surface area contributed by atoms with Crippen molar-refractivity contribution in [3.05, 3.63) is 10.8 Å². The first-order valence-corrected chi connectivity index (χ1v) is 3.50. The molecule has 0 radical (unpaired) electrons. The molecular weight excluding hydrogens is 180 g/mol. The number of thioether (sulfide) groups is 2. The van der Waals surface area contributed by atoms with E-state index in [0.717, 1.165) is 0 Å². The summed E-state index contributed by atoms with van der Waals surface area (Å²) in [6.45, 7) is 0. The van der Waals surface area contributed by atoms with Gasteiger partial charge in [-0.15, -0.1) is 23.5 Å². The number of rotatable bonds is 0. The molecule has 0 spiro atoms. The minimum Gasteiger partial charge on any atom is -0.310 e. The second-order valence-corrected chi connectivity index (χ2v) is 3.32. The molecule has 0 aliphatic carbocycles. The maximum atomic E-state index is 5.40. The smallest absolute Gasteiger partial charge is 0.106 e. The molecule has 1 nitrogen and oxygen atoms in total. The molecule has 0 atom stereocenters. The Morgan fingerprint density at radius 2 is 1.71 bits per heavy atom. The van der Waals surface area contributed by atoms with Gasteiger partial charge in [0.05, 0.1) is 0 Å². The molecule has 0 saturated heterocycles. The molecule has 0 amide bonds. The molecular formula is C3H5NS2Zn. The topological polar surface area (TPSA) is 26.0 Å². The van der Waals surface area contributed by atoms with Crippen LogP contribution in [0.4, 0.5) is 0 Å². The molecule has 0 aromatic carbocycles. The largest absolute Gasteiger partial charge is 0.310 e. The van der Waals surface area contributed by atoms with Gasteiger partial charge >= 0.3 is 0 Å². The first-order chi connectivity index (χ1) is 2.89. The van der Waals surface area contributed by atoms with Crippen molar-refractivity contribution in [1.82, 2.24) is 0 Å². The molecule has 0 aromatic rings. The molecule has 0 fully saturated rings. The van der Waals surface area contributed by atoms with Gasteiger partial charge in [-0.25, -0.2) is 0 Å². The van der Waals surface area contributed by atoms with Crippen molar-refractivity contribution < 1.29 is 19.5 Å². The zero-order chi connectivity index (χ0) is 4.41. The summed E-state index contributed by atoms with van der Waals surface area (Å²) in [7, 11) is 0. The predicted molar refractivity (Wildman–Crippen MR) is 32.3 cm³/mol. The summed E-state index contributed by atoms with van der Waals surface area (Å²) in [6, 6.07) is 0. The van der Waals surface area contributed by atoms with E-state index >= 15 is 0 Å². The molecule has 1 heterocycles. The van der Waals surface area contributed by atoms with E-state index in [4.69, 9.17) is 5.73 Å². The van der Waals surface area contributed by atoms with E-state index in [9.17, 15) is 0 Å². The Hall–Kier alpha value is 1.02. The van der Waals surface area contributed by atoms with E-state index in [0.29, 0.717) is 0 Å². The Kier molecular flexibility index (Phi) is 4.54. The Morgan fingerprint density at radius 1 is 1.29 bits per heavy atom. The Balaban J connectivity index is 0.000000360. The summed E-state index contributed by atoms with van der Waals surface area (Å²) >= 11 is 3.31. The van der Waals surface area contributed by atoms with Gasteiger partial charge < -0.3 is 5.73 Å². The fourth-order valence-electron chi connectivity index (χ4n) is 0.251. The number of hydrogen-bond donors (Lipinski definition) is 1. The molecule has 1 aliphatic heterocycles. The Morgan fingerprint density at radius 3 is 1.86 bits per heavy atom. The van der Waals surface area contributed by atoms with Crippen LogP contribution in [0, 0.1) is 0 Å². The van der Waals surface area contributed by atoms with Gasteiger partial charge in [0.15, 0.2) is 0 Å². The summed E-state index contributed by atoms with van der Waals surface area (Å²) in [4.78, 5) is 0. The van der Waals surface area contributed by atoms with Gasteiger partial charge in [0.1, 0.15) is 4.71 Å². The zero-order valence-electron chi connectivity index (χ0n) is 3.83. The van der Waals surface area contributed by atoms with Crippen LogP contribution in [0.5, 0.6) is 0 Å². The van der Waals surface area contributed by atoms with Gasteiger partial charge in [0.2, 0.25) is 0 Å². The maximum Gasteiger partial charge on any atom is 0.106 e. The van der Waals surface area contributed by atoms with E-state index in [2.05, 4.69) is 0 Å². The standard InChI is InChI=1S/C3H5NS2.Zn/c4-3-5-1-2-6-3;/h1-3H,4H2;. The second-order valence-electron chi connectivity index (χ2n) is 0.913. The minimum atomic E-state index is 0. The maximum absolute atomic E-state index is 5.40. The monoisotopic (exact) mass is 183 g/mol. The summed E-state index contributed by atoms with van der Waals surface area (Å²) in [5.74, 6) is 0. The summed E-state index contributed by atoms with van der Waals surface area (Å²) in [5, 5.41) is 4.02. The molecule has 0 saturated carbocycles. The van der Waals surface area contributed by atoms with Crippen LogP contribution in [-0.4, -0.2) is 4.71 Å². The second kappa shape index (κ2) is 3.96. The third-order valence-electron chi connectivity index (χ3n) is 0.481. The van der Waals surface area contributed by atoms with E-state index in [1.54, 1.807) is 23.5 Å². The molecule has 1 aliphatic rings. The van der Waals surface area contributed by atoms with Crippen LogP contribution in [0.1, 0.15) is 0 Å². The van der Waals surface area contributed by atoms with Crippen LogP contribution in [0.25, 0.3) is 0 Å². The molecule has 36 valence electrons. The molecule has 0 bridgehead atoms. The third kappa shape index (κ3) is 2.75. The van der Waals surface area contributed by atoms with Crippen LogP contribution in [0.3, 0.4) is 0 Å². The normalized spacial score (nSPS) is 19.6. The summed E-state index contributed by atoms with van der Waals surface area (Å²) in [6.07, 6.45) is 0. The minimum absolute atomic E-state index is 0. The predicted octanol–water partition coefficient (Wildman–Crippen LogP) is 1.18. The van der Waals surface area contributed by atoms with Gasteiger partial charge in [0.25, 0.3) is 0 Å². The van der Waals surface area contributed by atoms with Gasteiger partial charge in [-0.1, -0.05) is 0 Å². The van der Waals surface area contributed by atoms with Crippen molar-refractivity contribution in [1.29, 1.82) is 0 Å².